The number of aliphatic hydroxyl groups excluding tert-OH is 1. The van der Waals surface area contributed by atoms with E-state index in [0.29, 0.717) is 27.8 Å². The van der Waals surface area contributed by atoms with Crippen molar-refractivity contribution < 1.29 is 24.2 Å². The van der Waals surface area contributed by atoms with Crippen molar-refractivity contribution >= 4 is 44.1 Å². The van der Waals surface area contributed by atoms with Gasteiger partial charge in [-0.3, -0.25) is 14.5 Å². The van der Waals surface area contributed by atoms with Crippen molar-refractivity contribution in [2.75, 3.05) is 19.1 Å². The van der Waals surface area contributed by atoms with Gasteiger partial charge in [-0.15, -0.1) is 0 Å². The zero-order chi connectivity index (χ0) is 27.3. The Kier molecular flexibility index (Phi) is 6.44. The first-order valence-corrected chi connectivity index (χ1v) is 12.9. The minimum atomic E-state index is -0.920. The molecule has 1 aromatic heterocycles. The molecule has 1 aliphatic rings. The molecule has 2 heterocycles. The molecule has 1 saturated heterocycles. The third-order valence-electron chi connectivity index (χ3n) is 6.84. The lowest BCUT2D eigenvalue weighted by atomic mass is 9.93. The number of carbonyl (C=O) groups excluding carboxylic acids is 2. The number of anilines is 1. The van der Waals surface area contributed by atoms with E-state index in [0.717, 1.165) is 32.5 Å². The summed E-state index contributed by atoms with van der Waals surface area (Å²) in [5.41, 5.74) is 5.64. The van der Waals surface area contributed by atoms with Crippen molar-refractivity contribution in [3.63, 3.8) is 0 Å². The minimum absolute atomic E-state index is 0.00285. The Bertz CT molecular complexity index is 1650. The second-order valence-corrected chi connectivity index (χ2v) is 10.5. The van der Waals surface area contributed by atoms with Gasteiger partial charge in [-0.1, -0.05) is 41.2 Å². The van der Waals surface area contributed by atoms with Crippen LogP contribution in [0.1, 0.15) is 39.4 Å². The van der Waals surface area contributed by atoms with Crippen LogP contribution in [0.2, 0.25) is 0 Å². The molecule has 1 fully saturated rings. The fourth-order valence-corrected chi connectivity index (χ4v) is 6.13. The molecule has 0 aliphatic carbocycles. The van der Waals surface area contributed by atoms with Crippen molar-refractivity contribution in [1.82, 2.24) is 4.98 Å². The Labute approximate surface area is 225 Å². The van der Waals surface area contributed by atoms with E-state index in [4.69, 9.17) is 14.5 Å². The first-order chi connectivity index (χ1) is 18.1. The standard InChI is InChI=1S/C30H28N2O5S/c1-15-7-8-17(3)20(12-15)27(33)24-26(19-9-10-21(36-5)22(14-19)37-6)32(29(35)28(24)34)30-31-25-18(4)11-16(2)13-23(25)38-30/h7-14,26,33H,1-6H3. The van der Waals surface area contributed by atoms with Crippen molar-refractivity contribution in [3.05, 3.63) is 87.5 Å². The van der Waals surface area contributed by atoms with Crippen LogP contribution in [-0.2, 0) is 9.59 Å². The lowest BCUT2D eigenvalue weighted by Gasteiger charge is -2.24. The molecule has 0 radical (unpaired) electrons. The summed E-state index contributed by atoms with van der Waals surface area (Å²) in [7, 11) is 3.06. The van der Waals surface area contributed by atoms with Gasteiger partial charge in [-0.25, -0.2) is 4.98 Å². The van der Waals surface area contributed by atoms with Crippen LogP contribution >= 0.6 is 11.3 Å². The Morgan fingerprint density at radius 2 is 1.63 bits per heavy atom. The molecule has 4 aromatic rings. The quantitative estimate of drug-likeness (QED) is 0.189. The summed E-state index contributed by atoms with van der Waals surface area (Å²) in [5.74, 6) is -0.785. The average molecular weight is 529 g/mol. The van der Waals surface area contributed by atoms with Gasteiger partial charge in [0, 0.05) is 5.56 Å². The first kappa shape index (κ1) is 25.5. The molecule has 1 N–H and O–H groups in total. The molecule has 5 rings (SSSR count). The number of nitrogens with zero attached hydrogens (tertiary/aromatic N) is 2. The largest absolute Gasteiger partial charge is 0.507 e. The van der Waals surface area contributed by atoms with Gasteiger partial charge >= 0.3 is 5.91 Å². The summed E-state index contributed by atoms with van der Waals surface area (Å²) in [4.78, 5) is 33.4. The topological polar surface area (TPSA) is 89.0 Å². The summed E-state index contributed by atoms with van der Waals surface area (Å²) in [6, 6.07) is 14.0. The van der Waals surface area contributed by atoms with Crippen molar-refractivity contribution in [1.29, 1.82) is 0 Å². The highest BCUT2D eigenvalue weighted by atomic mass is 32.1. The van der Waals surface area contributed by atoms with E-state index in [1.807, 2.05) is 58.0 Å². The fourth-order valence-electron chi connectivity index (χ4n) is 4.97. The van der Waals surface area contributed by atoms with E-state index >= 15 is 0 Å². The van der Waals surface area contributed by atoms with Crippen LogP contribution in [0.4, 0.5) is 5.13 Å². The number of hydrogen-bond acceptors (Lipinski definition) is 7. The van der Waals surface area contributed by atoms with E-state index in [-0.39, 0.29) is 11.3 Å². The maximum absolute atomic E-state index is 13.6. The number of ether oxygens (including phenoxy) is 2. The monoisotopic (exact) mass is 528 g/mol. The summed E-state index contributed by atoms with van der Waals surface area (Å²) in [5, 5.41) is 11.9. The van der Waals surface area contributed by atoms with Gasteiger partial charge in [0.2, 0.25) is 0 Å². The fraction of sp³-hybridized carbons (Fsp3) is 0.233. The van der Waals surface area contributed by atoms with E-state index in [9.17, 15) is 14.7 Å². The number of aryl methyl sites for hydroxylation is 4. The van der Waals surface area contributed by atoms with Crippen LogP contribution < -0.4 is 14.4 Å². The molecular formula is C30H28N2O5S. The maximum atomic E-state index is 13.6. The molecular weight excluding hydrogens is 500 g/mol. The predicted molar refractivity (Wildman–Crippen MR) is 149 cm³/mol. The van der Waals surface area contributed by atoms with Crippen LogP contribution in [0.15, 0.2) is 54.1 Å². The van der Waals surface area contributed by atoms with E-state index in [2.05, 4.69) is 0 Å². The SMILES string of the molecule is COc1ccc(C2C(=C(O)c3cc(C)ccc3C)C(=O)C(=O)N2c2nc3c(C)cc(C)cc3s2)cc1OC. The van der Waals surface area contributed by atoms with Crippen molar-refractivity contribution in [3.8, 4) is 11.5 Å². The number of fused-ring (bicyclic) bond motifs is 1. The van der Waals surface area contributed by atoms with Gasteiger partial charge in [-0.05, 0) is 74.2 Å². The number of carbonyl (C=O) groups is 2. The average Bonchev–Trinajstić information content (AvgIpc) is 3.43. The Morgan fingerprint density at radius 1 is 0.895 bits per heavy atom. The number of ketones is 1. The lowest BCUT2D eigenvalue weighted by molar-refractivity contribution is -0.132. The number of Topliss-reactive ketones (excluding diaryl/α,β-unsaturated/α-hetero) is 1. The van der Waals surface area contributed by atoms with Gasteiger partial charge in [-0.2, -0.15) is 0 Å². The number of aliphatic hydroxyl groups is 1. The molecule has 0 saturated carbocycles. The number of rotatable bonds is 5. The second kappa shape index (κ2) is 9.61. The summed E-state index contributed by atoms with van der Waals surface area (Å²) in [6.07, 6.45) is 0. The molecule has 194 valence electrons. The van der Waals surface area contributed by atoms with Crippen LogP contribution in [0.25, 0.3) is 16.0 Å². The molecule has 3 aromatic carbocycles. The van der Waals surface area contributed by atoms with Crippen molar-refractivity contribution in [2.45, 2.75) is 33.7 Å². The highest BCUT2D eigenvalue weighted by Gasteiger charge is 2.48. The number of methoxy groups -OCH3 is 2. The summed E-state index contributed by atoms with van der Waals surface area (Å²) in [6.45, 7) is 7.74. The predicted octanol–water partition coefficient (Wildman–Crippen LogP) is 6.17. The van der Waals surface area contributed by atoms with Gasteiger partial charge in [0.05, 0.1) is 36.1 Å². The Hall–Kier alpha value is -4.17. The first-order valence-electron chi connectivity index (χ1n) is 12.1. The molecule has 1 amide bonds. The Balaban J connectivity index is 1.79. The Morgan fingerprint density at radius 3 is 2.34 bits per heavy atom. The second-order valence-electron chi connectivity index (χ2n) is 9.53. The normalized spacial score (nSPS) is 16.9. The lowest BCUT2D eigenvalue weighted by Crippen LogP contribution is -2.29. The van der Waals surface area contributed by atoms with Gasteiger partial charge in [0.25, 0.3) is 5.78 Å². The third-order valence-corrected chi connectivity index (χ3v) is 7.84. The smallest absolute Gasteiger partial charge is 0.301 e. The highest BCUT2D eigenvalue weighted by molar-refractivity contribution is 7.22. The van der Waals surface area contributed by atoms with Crippen LogP contribution in [0.3, 0.4) is 0 Å². The maximum Gasteiger partial charge on any atom is 0.301 e. The molecule has 7 nitrogen and oxygen atoms in total. The van der Waals surface area contributed by atoms with Gasteiger partial charge in [0.1, 0.15) is 5.76 Å². The molecule has 8 heteroatoms. The summed E-state index contributed by atoms with van der Waals surface area (Å²) < 4.78 is 11.8. The summed E-state index contributed by atoms with van der Waals surface area (Å²) >= 11 is 1.34. The molecule has 1 aliphatic heterocycles. The van der Waals surface area contributed by atoms with Crippen LogP contribution in [-0.4, -0.2) is 36.0 Å². The molecule has 0 bridgehead atoms. The van der Waals surface area contributed by atoms with E-state index in [1.54, 1.807) is 18.2 Å². The van der Waals surface area contributed by atoms with Gasteiger partial charge < -0.3 is 14.6 Å². The van der Waals surface area contributed by atoms with E-state index < -0.39 is 17.7 Å². The number of hydrogen-bond donors (Lipinski definition) is 1. The zero-order valence-corrected chi connectivity index (χ0v) is 22.9. The molecule has 0 spiro atoms. The minimum Gasteiger partial charge on any atom is -0.507 e. The van der Waals surface area contributed by atoms with Gasteiger partial charge in [0.15, 0.2) is 16.6 Å². The molecule has 38 heavy (non-hydrogen) atoms. The number of amides is 1. The van der Waals surface area contributed by atoms with Crippen LogP contribution in [0.5, 0.6) is 11.5 Å². The molecule has 1 atom stereocenters. The molecule has 1 unspecified atom stereocenters. The zero-order valence-electron chi connectivity index (χ0n) is 22.1. The third kappa shape index (κ3) is 4.11. The van der Waals surface area contributed by atoms with Crippen molar-refractivity contribution in [2.24, 2.45) is 0 Å². The number of benzene rings is 3. The van der Waals surface area contributed by atoms with Crippen LogP contribution in [0, 0.1) is 27.7 Å². The number of aromatic nitrogens is 1. The highest BCUT2D eigenvalue weighted by Crippen LogP contribution is 2.46. The van der Waals surface area contributed by atoms with E-state index in [1.165, 1.54) is 30.5 Å². The number of thiazole rings is 1.